The second kappa shape index (κ2) is 10.5. The summed E-state index contributed by atoms with van der Waals surface area (Å²) in [6.07, 6.45) is 2.83. The molecule has 2 N–H and O–H groups in total. The van der Waals surface area contributed by atoms with Crippen molar-refractivity contribution in [1.82, 2.24) is 10.9 Å². The lowest BCUT2D eigenvalue weighted by atomic mass is 10.2. The molecule has 0 aromatic heterocycles. The Morgan fingerprint density at radius 1 is 0.778 bits per heavy atom. The molecule has 140 valence electrons. The molecule has 2 amide bonds. The Labute approximate surface area is 155 Å². The van der Waals surface area contributed by atoms with Crippen molar-refractivity contribution in [2.24, 2.45) is 10.2 Å². The molecular formula is C19H18F2N4O2. The first-order valence-electron chi connectivity index (χ1n) is 8.19. The summed E-state index contributed by atoms with van der Waals surface area (Å²) < 4.78 is 26.7. The molecule has 27 heavy (non-hydrogen) atoms. The summed E-state index contributed by atoms with van der Waals surface area (Å²) in [4.78, 5) is 23.2. The van der Waals surface area contributed by atoms with Crippen molar-refractivity contribution in [3.63, 3.8) is 0 Å². The molecule has 2 aromatic rings. The molecule has 0 radical (unpaired) electrons. The monoisotopic (exact) mass is 372 g/mol. The maximum atomic E-state index is 13.4. The molecule has 8 heteroatoms. The predicted molar refractivity (Wildman–Crippen MR) is 98.1 cm³/mol. The first-order valence-corrected chi connectivity index (χ1v) is 8.19. The lowest BCUT2D eigenvalue weighted by molar-refractivity contribution is -0.122. The number of amides is 2. The van der Waals surface area contributed by atoms with Crippen LogP contribution in [-0.4, -0.2) is 24.2 Å². The van der Waals surface area contributed by atoms with Crippen LogP contribution in [0.3, 0.4) is 0 Å². The highest BCUT2D eigenvalue weighted by Crippen LogP contribution is 2.03. The van der Waals surface area contributed by atoms with Crippen LogP contribution in [0.15, 0.2) is 58.7 Å². The van der Waals surface area contributed by atoms with E-state index < -0.39 is 23.4 Å². The van der Waals surface area contributed by atoms with Gasteiger partial charge in [0.15, 0.2) is 0 Å². The fourth-order valence-corrected chi connectivity index (χ4v) is 2.03. The fraction of sp³-hybridized carbons (Fsp3) is 0.158. The van der Waals surface area contributed by atoms with Gasteiger partial charge in [-0.05, 0) is 18.6 Å². The number of nitrogens with one attached hydrogen (secondary N) is 2. The standard InChI is InChI=1S/C19H18F2N4O2/c20-16-8-3-1-6-14(16)12-22-24-18(26)10-5-11-19(27)25-23-13-15-7-2-4-9-17(15)21/h1-4,6-9,12-13H,5,10-11H2,(H,24,26)(H,25,27)/b22-12+,23-13+. The first-order chi connectivity index (χ1) is 13.1. The molecule has 0 aliphatic heterocycles. The number of carbonyl (C=O) groups excluding carboxylic acids is 2. The Bertz CT molecular complexity index is 784. The molecule has 6 nitrogen and oxygen atoms in total. The topological polar surface area (TPSA) is 82.9 Å². The van der Waals surface area contributed by atoms with E-state index in [9.17, 15) is 18.4 Å². The molecule has 0 spiro atoms. The Hall–Kier alpha value is -3.42. The van der Waals surface area contributed by atoms with Gasteiger partial charge in [0.05, 0.1) is 12.4 Å². The third-order valence-corrected chi connectivity index (χ3v) is 3.40. The van der Waals surface area contributed by atoms with Crippen LogP contribution < -0.4 is 10.9 Å². The van der Waals surface area contributed by atoms with Crippen LogP contribution in [0, 0.1) is 11.6 Å². The molecule has 0 unspecified atom stereocenters. The fourth-order valence-electron chi connectivity index (χ4n) is 2.03. The average Bonchev–Trinajstić information content (AvgIpc) is 2.65. The van der Waals surface area contributed by atoms with Crippen LogP contribution in [-0.2, 0) is 9.59 Å². The molecule has 0 fully saturated rings. The predicted octanol–water partition coefficient (Wildman–Crippen LogP) is 2.74. The average molecular weight is 372 g/mol. The van der Waals surface area contributed by atoms with E-state index in [-0.39, 0.29) is 30.4 Å². The Morgan fingerprint density at radius 3 is 1.59 bits per heavy atom. The van der Waals surface area contributed by atoms with E-state index in [1.54, 1.807) is 24.3 Å². The molecule has 0 saturated carbocycles. The smallest absolute Gasteiger partial charge is 0.240 e. The lowest BCUT2D eigenvalue weighted by Gasteiger charge is -2.01. The molecule has 0 aliphatic carbocycles. The largest absolute Gasteiger partial charge is 0.273 e. The summed E-state index contributed by atoms with van der Waals surface area (Å²) in [6.45, 7) is 0. The van der Waals surface area contributed by atoms with Gasteiger partial charge < -0.3 is 0 Å². The quantitative estimate of drug-likeness (QED) is 0.552. The van der Waals surface area contributed by atoms with Gasteiger partial charge in [0.1, 0.15) is 11.6 Å². The van der Waals surface area contributed by atoms with Crippen molar-refractivity contribution in [1.29, 1.82) is 0 Å². The van der Waals surface area contributed by atoms with Gasteiger partial charge in [0.25, 0.3) is 0 Å². The number of hydrogen-bond acceptors (Lipinski definition) is 4. The number of hydrogen-bond donors (Lipinski definition) is 2. The van der Waals surface area contributed by atoms with Crippen molar-refractivity contribution in [2.45, 2.75) is 19.3 Å². The van der Waals surface area contributed by atoms with Crippen molar-refractivity contribution in [3.8, 4) is 0 Å². The van der Waals surface area contributed by atoms with Gasteiger partial charge >= 0.3 is 0 Å². The molecular weight excluding hydrogens is 354 g/mol. The van der Waals surface area contributed by atoms with E-state index in [1.165, 1.54) is 36.7 Å². The number of rotatable bonds is 8. The van der Waals surface area contributed by atoms with Gasteiger partial charge in [-0.1, -0.05) is 36.4 Å². The number of nitrogens with zero attached hydrogens (tertiary/aromatic N) is 2. The number of hydrazone groups is 2. The molecule has 0 bridgehead atoms. The van der Waals surface area contributed by atoms with Gasteiger partial charge in [-0.2, -0.15) is 10.2 Å². The zero-order valence-electron chi connectivity index (χ0n) is 14.4. The van der Waals surface area contributed by atoms with E-state index in [1.807, 2.05) is 0 Å². The number of carbonyl (C=O) groups is 2. The van der Waals surface area contributed by atoms with Crippen molar-refractivity contribution in [2.75, 3.05) is 0 Å². The highest BCUT2D eigenvalue weighted by Gasteiger charge is 2.04. The highest BCUT2D eigenvalue weighted by atomic mass is 19.1. The van der Waals surface area contributed by atoms with Crippen LogP contribution in [0.5, 0.6) is 0 Å². The number of halogens is 2. The van der Waals surface area contributed by atoms with Crippen molar-refractivity contribution < 1.29 is 18.4 Å². The highest BCUT2D eigenvalue weighted by molar-refractivity contribution is 5.84. The van der Waals surface area contributed by atoms with E-state index >= 15 is 0 Å². The first kappa shape index (κ1) is 19.9. The summed E-state index contributed by atoms with van der Waals surface area (Å²) in [6, 6.07) is 12.0. The van der Waals surface area contributed by atoms with Gasteiger partial charge in [0, 0.05) is 24.0 Å². The van der Waals surface area contributed by atoms with Gasteiger partial charge in [-0.3, -0.25) is 9.59 Å². The van der Waals surface area contributed by atoms with Crippen molar-refractivity contribution >= 4 is 24.2 Å². The summed E-state index contributed by atoms with van der Waals surface area (Å²) in [5, 5.41) is 7.33. The van der Waals surface area contributed by atoms with E-state index in [2.05, 4.69) is 21.1 Å². The van der Waals surface area contributed by atoms with Crippen LogP contribution in [0.2, 0.25) is 0 Å². The van der Waals surface area contributed by atoms with Crippen LogP contribution in [0.25, 0.3) is 0 Å². The molecule has 0 saturated heterocycles. The minimum atomic E-state index is -0.442. The van der Waals surface area contributed by atoms with E-state index in [0.29, 0.717) is 0 Å². The van der Waals surface area contributed by atoms with Crippen LogP contribution in [0.4, 0.5) is 8.78 Å². The Balaban J connectivity index is 1.65. The van der Waals surface area contributed by atoms with E-state index in [4.69, 9.17) is 0 Å². The maximum absolute atomic E-state index is 13.4. The molecule has 2 aromatic carbocycles. The normalized spacial score (nSPS) is 11.0. The van der Waals surface area contributed by atoms with Crippen molar-refractivity contribution in [3.05, 3.63) is 71.3 Å². The number of benzene rings is 2. The molecule has 2 rings (SSSR count). The Morgan fingerprint density at radius 2 is 1.19 bits per heavy atom. The van der Waals surface area contributed by atoms with Gasteiger partial charge in [0.2, 0.25) is 11.8 Å². The SMILES string of the molecule is O=C(CCCC(=O)N/N=C/c1ccccc1F)N/N=C/c1ccccc1F. The van der Waals surface area contributed by atoms with Crippen LogP contribution >= 0.6 is 0 Å². The summed E-state index contributed by atoms with van der Waals surface area (Å²) in [7, 11) is 0. The van der Waals surface area contributed by atoms with Gasteiger partial charge in [-0.15, -0.1) is 0 Å². The third-order valence-electron chi connectivity index (χ3n) is 3.40. The minimum absolute atomic E-state index is 0.0685. The summed E-state index contributed by atoms with van der Waals surface area (Å²) >= 11 is 0. The summed E-state index contributed by atoms with van der Waals surface area (Å²) in [5.41, 5.74) is 5.04. The van der Waals surface area contributed by atoms with Gasteiger partial charge in [-0.25, -0.2) is 19.6 Å². The second-order valence-electron chi connectivity index (χ2n) is 5.48. The Kier molecular flexibility index (Phi) is 7.77. The zero-order valence-corrected chi connectivity index (χ0v) is 14.4. The molecule has 0 aliphatic rings. The maximum Gasteiger partial charge on any atom is 0.240 e. The summed E-state index contributed by atoms with van der Waals surface area (Å²) in [5.74, 6) is -1.68. The molecule has 0 atom stereocenters. The van der Waals surface area contributed by atoms with E-state index in [0.717, 1.165) is 0 Å². The lowest BCUT2D eigenvalue weighted by Crippen LogP contribution is -2.20. The molecule has 0 heterocycles. The zero-order chi connectivity index (χ0) is 19.5. The van der Waals surface area contributed by atoms with Crippen LogP contribution in [0.1, 0.15) is 30.4 Å². The minimum Gasteiger partial charge on any atom is -0.273 e. The third kappa shape index (κ3) is 7.15. The second-order valence-corrected chi connectivity index (χ2v) is 5.48.